The van der Waals surface area contributed by atoms with Gasteiger partial charge in [0.2, 0.25) is 11.7 Å². The maximum atomic E-state index is 13.2. The molecule has 3 heterocycles. The molecule has 2 aromatic heterocycles. The Hall–Kier alpha value is -3.10. The molecule has 9 heteroatoms. The van der Waals surface area contributed by atoms with Crippen LogP contribution in [0, 0.1) is 12.3 Å². The Morgan fingerprint density at radius 3 is 2.69 bits per heavy atom. The van der Waals surface area contributed by atoms with Crippen molar-refractivity contribution in [3.05, 3.63) is 58.5 Å². The molecule has 0 unspecified atom stereocenters. The van der Waals surface area contributed by atoms with Crippen molar-refractivity contribution in [2.24, 2.45) is 5.41 Å². The summed E-state index contributed by atoms with van der Waals surface area (Å²) in [6, 6.07) is 4.87. The van der Waals surface area contributed by atoms with Crippen LogP contribution in [0.2, 0.25) is 0 Å². The number of anilines is 1. The van der Waals surface area contributed by atoms with E-state index in [1.54, 1.807) is 19.2 Å². The normalized spacial score (nSPS) is 18.0. The minimum Gasteiger partial charge on any atom is -0.363 e. The van der Waals surface area contributed by atoms with Crippen LogP contribution in [0.25, 0.3) is 5.78 Å². The molecule has 1 saturated carbocycles. The Morgan fingerprint density at radius 1 is 1.25 bits per heavy atom. The molecule has 1 N–H and O–H groups in total. The smallest absolute Gasteiger partial charge is 0.363 e. The molecule has 1 aromatic carbocycles. The number of benzene rings is 1. The van der Waals surface area contributed by atoms with Gasteiger partial charge in [-0.3, -0.25) is 9.20 Å². The first kappa shape index (κ1) is 20.8. The number of halogens is 3. The van der Waals surface area contributed by atoms with Crippen molar-refractivity contribution < 1.29 is 18.0 Å². The third-order valence-electron chi connectivity index (χ3n) is 6.60. The van der Waals surface area contributed by atoms with E-state index >= 15 is 0 Å². The molecule has 0 bridgehead atoms. The van der Waals surface area contributed by atoms with E-state index < -0.39 is 17.8 Å². The molecule has 0 saturated heterocycles. The third kappa shape index (κ3) is 3.40. The fourth-order valence-electron chi connectivity index (χ4n) is 4.35. The van der Waals surface area contributed by atoms with E-state index in [0.717, 1.165) is 41.9 Å². The van der Waals surface area contributed by atoms with Gasteiger partial charge in [0.25, 0.3) is 0 Å². The second kappa shape index (κ2) is 6.95. The molecule has 5 rings (SSSR count). The molecule has 2 aliphatic rings. The Bertz CT molecular complexity index is 1230. The molecular formula is C23H24F3N5O. The molecular weight excluding hydrogens is 419 g/mol. The molecule has 1 fully saturated rings. The van der Waals surface area contributed by atoms with Gasteiger partial charge >= 0.3 is 6.18 Å². The maximum absolute atomic E-state index is 13.2. The van der Waals surface area contributed by atoms with Gasteiger partial charge in [0.05, 0.1) is 30.5 Å². The van der Waals surface area contributed by atoms with Gasteiger partial charge in [0, 0.05) is 22.7 Å². The molecule has 0 radical (unpaired) electrons. The summed E-state index contributed by atoms with van der Waals surface area (Å²) in [6.07, 6.45) is -0.876. The van der Waals surface area contributed by atoms with Crippen molar-refractivity contribution in [1.29, 1.82) is 0 Å². The van der Waals surface area contributed by atoms with Crippen LogP contribution in [-0.4, -0.2) is 25.2 Å². The highest BCUT2D eigenvalue weighted by atomic mass is 19.4. The number of aromatic nitrogens is 3. The highest BCUT2D eigenvalue weighted by molar-refractivity contribution is 5.85. The van der Waals surface area contributed by atoms with Crippen LogP contribution in [0.15, 0.2) is 30.5 Å². The lowest BCUT2D eigenvalue weighted by atomic mass is 10.0. The average Bonchev–Trinajstić information content (AvgIpc) is 3.18. The number of carbonyl (C=O) groups excluding carboxylic acids is 1. The number of aryl methyl sites for hydroxylation is 1. The van der Waals surface area contributed by atoms with Gasteiger partial charge in [-0.2, -0.15) is 18.2 Å². The molecule has 3 aromatic rings. The van der Waals surface area contributed by atoms with Gasteiger partial charge in [-0.05, 0) is 44.4 Å². The maximum Gasteiger partial charge on any atom is 0.416 e. The minimum absolute atomic E-state index is 0.136. The molecule has 1 aliphatic carbocycles. The first-order chi connectivity index (χ1) is 15.1. The molecule has 1 atom stereocenters. The predicted molar refractivity (Wildman–Crippen MR) is 113 cm³/mol. The highest BCUT2D eigenvalue weighted by Gasteiger charge is 2.48. The fourth-order valence-corrected chi connectivity index (χ4v) is 4.35. The average molecular weight is 443 g/mol. The zero-order valence-electron chi connectivity index (χ0n) is 18.1. The number of hydrogen-bond acceptors (Lipinski definition) is 4. The van der Waals surface area contributed by atoms with Crippen molar-refractivity contribution in [1.82, 2.24) is 19.3 Å². The Kier molecular flexibility index (Phi) is 4.51. The number of amides is 1. The van der Waals surface area contributed by atoms with E-state index in [4.69, 9.17) is 0 Å². The van der Waals surface area contributed by atoms with Crippen molar-refractivity contribution >= 4 is 17.5 Å². The second-order valence-corrected chi connectivity index (χ2v) is 9.13. The highest BCUT2D eigenvalue weighted by Crippen LogP contribution is 2.48. The number of hydrogen-bond donors (Lipinski definition) is 1. The number of carbonyl (C=O) groups is 1. The lowest BCUT2D eigenvalue weighted by Gasteiger charge is -2.20. The van der Waals surface area contributed by atoms with Gasteiger partial charge < -0.3 is 10.2 Å². The third-order valence-corrected chi connectivity index (χ3v) is 6.60. The lowest BCUT2D eigenvalue weighted by Crippen LogP contribution is -2.31. The Labute approximate surface area is 183 Å². The minimum atomic E-state index is -4.40. The standard InChI is InChI=1S/C23H24F3N5O/c1-13-10-27-21-29-19(28-14(2)15-5-4-6-16(9-15)23(24,25)26)17-11-30(12-18(17)31(13)21)20(32)22(3)7-8-22/h4-6,9-10,14H,7-8,11-12H2,1-3H3,(H,27,28,29)/t14-/m1/s1. The number of imidazole rings is 1. The summed E-state index contributed by atoms with van der Waals surface area (Å²) in [5.41, 5.74) is 2.30. The summed E-state index contributed by atoms with van der Waals surface area (Å²) in [4.78, 5) is 23.9. The SMILES string of the molecule is Cc1cnc2nc(N[C@H](C)c3cccc(C(F)(F)F)c3)c3c(n12)CN(C(=O)C1(C)CC1)C3. The van der Waals surface area contributed by atoms with E-state index in [9.17, 15) is 18.0 Å². The van der Waals surface area contributed by atoms with Crippen LogP contribution in [0.3, 0.4) is 0 Å². The van der Waals surface area contributed by atoms with E-state index in [1.807, 2.05) is 23.1 Å². The summed E-state index contributed by atoms with van der Waals surface area (Å²) >= 11 is 0. The van der Waals surface area contributed by atoms with Crippen molar-refractivity contribution in [2.75, 3.05) is 5.32 Å². The van der Waals surface area contributed by atoms with Gasteiger partial charge in [-0.15, -0.1) is 0 Å². The quantitative estimate of drug-likeness (QED) is 0.625. The molecule has 6 nitrogen and oxygen atoms in total. The lowest BCUT2D eigenvalue weighted by molar-refractivity contribution is -0.138. The predicted octanol–water partition coefficient (Wildman–Crippen LogP) is 4.87. The second-order valence-electron chi connectivity index (χ2n) is 9.13. The van der Waals surface area contributed by atoms with Crippen molar-refractivity contribution in [2.45, 2.75) is 58.9 Å². The fraction of sp³-hybridized carbons (Fsp3) is 0.435. The largest absolute Gasteiger partial charge is 0.416 e. The molecule has 32 heavy (non-hydrogen) atoms. The summed E-state index contributed by atoms with van der Waals surface area (Å²) in [7, 11) is 0. The van der Waals surface area contributed by atoms with Crippen molar-refractivity contribution in [3.63, 3.8) is 0 Å². The van der Waals surface area contributed by atoms with E-state index in [2.05, 4.69) is 15.3 Å². The van der Waals surface area contributed by atoms with E-state index in [0.29, 0.717) is 30.2 Å². The van der Waals surface area contributed by atoms with Crippen LogP contribution in [0.4, 0.5) is 19.0 Å². The number of nitrogens with one attached hydrogen (secondary N) is 1. The molecule has 0 spiro atoms. The van der Waals surface area contributed by atoms with Gasteiger partial charge in [-0.25, -0.2) is 4.98 Å². The van der Waals surface area contributed by atoms with Crippen LogP contribution in [0.5, 0.6) is 0 Å². The molecule has 168 valence electrons. The zero-order chi connectivity index (χ0) is 22.8. The first-order valence-corrected chi connectivity index (χ1v) is 10.7. The van der Waals surface area contributed by atoms with Crippen LogP contribution in [0.1, 0.15) is 60.8 Å². The molecule has 1 amide bonds. The summed E-state index contributed by atoms with van der Waals surface area (Å²) in [5, 5.41) is 3.28. The Balaban J connectivity index is 1.50. The summed E-state index contributed by atoms with van der Waals surface area (Å²) in [5.74, 6) is 1.20. The number of nitrogens with zero attached hydrogens (tertiary/aromatic N) is 4. The topological polar surface area (TPSA) is 62.5 Å². The summed E-state index contributed by atoms with van der Waals surface area (Å²) in [6.45, 7) is 6.61. The van der Waals surface area contributed by atoms with Crippen LogP contribution < -0.4 is 5.32 Å². The van der Waals surface area contributed by atoms with Crippen molar-refractivity contribution in [3.8, 4) is 0 Å². The Morgan fingerprint density at radius 2 is 2.00 bits per heavy atom. The van der Waals surface area contributed by atoms with Crippen LogP contribution >= 0.6 is 0 Å². The van der Waals surface area contributed by atoms with Gasteiger partial charge in [0.1, 0.15) is 5.82 Å². The monoisotopic (exact) mass is 443 g/mol. The first-order valence-electron chi connectivity index (χ1n) is 10.7. The van der Waals surface area contributed by atoms with E-state index in [-0.39, 0.29) is 11.3 Å². The van der Waals surface area contributed by atoms with E-state index in [1.165, 1.54) is 6.07 Å². The van der Waals surface area contributed by atoms with Crippen LogP contribution in [-0.2, 0) is 24.1 Å². The summed E-state index contributed by atoms with van der Waals surface area (Å²) < 4.78 is 41.4. The number of fused-ring (bicyclic) bond motifs is 3. The number of alkyl halides is 3. The van der Waals surface area contributed by atoms with Gasteiger partial charge in [-0.1, -0.05) is 19.1 Å². The zero-order valence-corrected chi connectivity index (χ0v) is 18.1. The number of rotatable bonds is 4. The van der Waals surface area contributed by atoms with Gasteiger partial charge in [0.15, 0.2) is 0 Å². The molecule has 1 aliphatic heterocycles.